The number of ether oxygens (including phenoxy) is 1. The van der Waals surface area contributed by atoms with Gasteiger partial charge in [0.05, 0.1) is 19.4 Å². The quantitative estimate of drug-likeness (QED) is 0.473. The van der Waals surface area contributed by atoms with Gasteiger partial charge in [0.25, 0.3) is 0 Å². The van der Waals surface area contributed by atoms with Gasteiger partial charge in [0.15, 0.2) is 31.1 Å². The smallest absolute Gasteiger partial charge is 0.312 e. The van der Waals surface area contributed by atoms with Crippen LogP contribution in [0.5, 0.6) is 0 Å². The first kappa shape index (κ1) is 20.4. The van der Waals surface area contributed by atoms with Crippen LogP contribution in [0, 0.1) is 18.4 Å². The van der Waals surface area contributed by atoms with Crippen LogP contribution in [0.3, 0.4) is 0 Å². The summed E-state index contributed by atoms with van der Waals surface area (Å²) in [6.45, 7) is 10.4. The van der Waals surface area contributed by atoms with E-state index in [9.17, 15) is 9.18 Å². The molecule has 2 atom stereocenters. The fourth-order valence-corrected chi connectivity index (χ4v) is 3.71. The lowest BCUT2D eigenvalue weighted by molar-refractivity contribution is -0.131. The van der Waals surface area contributed by atoms with E-state index in [0.29, 0.717) is 0 Å². The van der Waals surface area contributed by atoms with Gasteiger partial charge in [0, 0.05) is 0 Å². The number of hydrogen-bond acceptors (Lipinski definition) is 7. The highest BCUT2D eigenvalue weighted by Gasteiger charge is 2.50. The molecule has 8 nitrogen and oxygen atoms in total. The van der Waals surface area contributed by atoms with Gasteiger partial charge in [-0.05, 0) is 18.1 Å². The number of nitrogen functional groups attached to an aromatic ring is 1. The molecule has 0 unspecified atom stereocenters. The number of imidazole rings is 1. The number of fused-ring (bicyclic) bond motifs is 1. The number of carbonyl (C=O) groups is 1. The molecule has 2 aromatic rings. The first-order valence-corrected chi connectivity index (χ1v) is 11.8. The molecule has 3 heterocycles. The number of carbonyl (C=O) groups excluding carboxylic acids is 1. The zero-order chi connectivity index (χ0) is 20.9. The van der Waals surface area contributed by atoms with Gasteiger partial charge < -0.3 is 14.9 Å². The third kappa shape index (κ3) is 3.30. The normalized spacial score (nSPS) is 23.3. The highest BCUT2D eigenvalue weighted by molar-refractivity contribution is 6.74. The Labute approximate surface area is 163 Å². The molecular formula is C18H24FN5O3Si. The number of halogens is 1. The summed E-state index contributed by atoms with van der Waals surface area (Å²) in [4.78, 5) is 24.1. The molecule has 1 fully saturated rings. The van der Waals surface area contributed by atoms with Crippen LogP contribution in [-0.4, -0.2) is 45.8 Å². The minimum Gasteiger partial charge on any atom is -0.412 e. The van der Waals surface area contributed by atoms with Gasteiger partial charge in [0.2, 0.25) is 5.60 Å². The first-order valence-electron chi connectivity index (χ1n) is 8.88. The lowest BCUT2D eigenvalue weighted by Crippen LogP contribution is -2.48. The molecule has 0 radical (unpaired) electrons. The number of terminal acetylenes is 1. The molecule has 2 aromatic heterocycles. The number of ketones is 1. The average Bonchev–Trinajstić information content (AvgIpc) is 3.14. The minimum absolute atomic E-state index is 0.0119. The van der Waals surface area contributed by atoms with Crippen LogP contribution in [0.4, 0.5) is 10.2 Å². The maximum absolute atomic E-state index is 13.6. The van der Waals surface area contributed by atoms with Gasteiger partial charge in [0.1, 0.15) is 6.23 Å². The molecular weight excluding hydrogens is 381 g/mol. The van der Waals surface area contributed by atoms with Crippen molar-refractivity contribution in [2.75, 3.05) is 12.3 Å². The number of nitrogens with two attached hydrogens (primary N) is 1. The second kappa shape index (κ2) is 6.61. The van der Waals surface area contributed by atoms with E-state index < -0.39 is 26.2 Å². The molecule has 0 aliphatic carbocycles. The van der Waals surface area contributed by atoms with Crippen molar-refractivity contribution in [1.29, 1.82) is 0 Å². The maximum atomic E-state index is 13.6. The Morgan fingerprint density at radius 2 is 2.18 bits per heavy atom. The number of anilines is 1. The average molecular weight is 406 g/mol. The molecule has 0 spiro atoms. The second-order valence-corrected chi connectivity index (χ2v) is 13.2. The summed E-state index contributed by atoms with van der Waals surface area (Å²) < 4.78 is 27.2. The molecule has 1 saturated heterocycles. The molecule has 0 amide bonds. The number of Topliss-reactive ketones (excluding diaryl/α,β-unsaturated/α-hetero) is 1. The Bertz CT molecular complexity index is 978. The van der Waals surface area contributed by atoms with Crippen molar-refractivity contribution < 1.29 is 18.3 Å². The zero-order valence-corrected chi connectivity index (χ0v) is 17.6. The van der Waals surface area contributed by atoms with Crippen molar-refractivity contribution >= 4 is 31.1 Å². The van der Waals surface area contributed by atoms with Crippen LogP contribution in [-0.2, 0) is 14.0 Å². The summed E-state index contributed by atoms with van der Waals surface area (Å²) in [5.41, 5.74) is 4.55. The monoisotopic (exact) mass is 405 g/mol. The Hall–Kier alpha value is -2.35. The first-order chi connectivity index (χ1) is 12.9. The molecule has 1 aliphatic heterocycles. The number of rotatable bonds is 4. The summed E-state index contributed by atoms with van der Waals surface area (Å²) in [5.74, 6) is 2.11. The molecule has 0 aromatic carbocycles. The van der Waals surface area contributed by atoms with Gasteiger partial charge in [-0.25, -0.2) is 4.98 Å². The molecule has 3 rings (SSSR count). The van der Waals surface area contributed by atoms with E-state index in [0.717, 1.165) is 0 Å². The summed E-state index contributed by atoms with van der Waals surface area (Å²) >= 11 is 0. The van der Waals surface area contributed by atoms with E-state index in [4.69, 9.17) is 21.3 Å². The SMILES string of the molecule is C#C[C@]1(CO[Si](C)(C)C(C)(C)C)O[C@@H](n2cnc3c(N)nc(F)nc32)CC1=O. The maximum Gasteiger partial charge on any atom is 0.312 e. The van der Waals surface area contributed by atoms with E-state index in [2.05, 4.69) is 54.7 Å². The van der Waals surface area contributed by atoms with E-state index in [1.807, 2.05) is 0 Å². The largest absolute Gasteiger partial charge is 0.412 e. The third-order valence-electron chi connectivity index (χ3n) is 5.55. The van der Waals surface area contributed by atoms with Gasteiger partial charge in [-0.3, -0.25) is 9.36 Å². The molecule has 28 heavy (non-hydrogen) atoms. The van der Waals surface area contributed by atoms with Crippen LogP contribution in [0.15, 0.2) is 6.33 Å². The van der Waals surface area contributed by atoms with Crippen LogP contribution in [0.25, 0.3) is 11.2 Å². The van der Waals surface area contributed by atoms with Crippen LogP contribution in [0.2, 0.25) is 18.1 Å². The highest BCUT2D eigenvalue weighted by Crippen LogP contribution is 2.40. The van der Waals surface area contributed by atoms with Gasteiger partial charge in [-0.2, -0.15) is 14.4 Å². The molecule has 0 saturated carbocycles. The van der Waals surface area contributed by atoms with E-state index in [1.165, 1.54) is 10.9 Å². The van der Waals surface area contributed by atoms with Gasteiger partial charge in [-0.15, -0.1) is 6.42 Å². The number of hydrogen-bond donors (Lipinski definition) is 1. The zero-order valence-electron chi connectivity index (χ0n) is 16.6. The summed E-state index contributed by atoms with van der Waals surface area (Å²) in [5, 5.41) is -0.0453. The number of aromatic nitrogens is 4. The van der Waals surface area contributed by atoms with Crippen molar-refractivity contribution in [3.63, 3.8) is 0 Å². The van der Waals surface area contributed by atoms with Crippen molar-refractivity contribution in [1.82, 2.24) is 19.5 Å². The van der Waals surface area contributed by atoms with Crippen molar-refractivity contribution in [2.24, 2.45) is 0 Å². The Balaban J connectivity index is 1.89. The van der Waals surface area contributed by atoms with Crippen molar-refractivity contribution in [3.05, 3.63) is 12.4 Å². The third-order valence-corrected chi connectivity index (χ3v) is 10.0. The minimum atomic E-state index is -2.15. The van der Waals surface area contributed by atoms with Crippen molar-refractivity contribution in [2.45, 2.75) is 57.2 Å². The topological polar surface area (TPSA) is 105 Å². The predicted octanol–water partition coefficient (Wildman–Crippen LogP) is 2.43. The summed E-state index contributed by atoms with van der Waals surface area (Å²) in [6.07, 6.45) is 5.28. The summed E-state index contributed by atoms with van der Waals surface area (Å²) in [7, 11) is -2.15. The Kier molecular flexibility index (Phi) is 4.81. The van der Waals surface area contributed by atoms with E-state index in [1.54, 1.807) is 0 Å². The molecule has 0 bridgehead atoms. The predicted molar refractivity (Wildman–Crippen MR) is 104 cm³/mol. The lowest BCUT2D eigenvalue weighted by Gasteiger charge is -2.38. The Morgan fingerprint density at radius 1 is 1.50 bits per heavy atom. The van der Waals surface area contributed by atoms with E-state index in [-0.39, 0.29) is 40.8 Å². The van der Waals surface area contributed by atoms with Gasteiger partial charge in [-0.1, -0.05) is 26.7 Å². The molecule has 2 N–H and O–H groups in total. The molecule has 1 aliphatic rings. The van der Waals surface area contributed by atoms with E-state index >= 15 is 0 Å². The fourth-order valence-electron chi connectivity index (χ4n) is 2.71. The van der Waals surface area contributed by atoms with Crippen molar-refractivity contribution in [3.8, 4) is 12.3 Å². The van der Waals surface area contributed by atoms with Crippen LogP contribution >= 0.6 is 0 Å². The van der Waals surface area contributed by atoms with Crippen LogP contribution < -0.4 is 5.73 Å². The van der Waals surface area contributed by atoms with Crippen LogP contribution in [0.1, 0.15) is 33.4 Å². The molecule has 150 valence electrons. The standard InChI is InChI=1S/C18H24FN5O3Si/c1-7-18(9-26-28(5,6)17(2,3)4)11(25)8-12(27-18)24-10-21-13-14(20)22-16(19)23-15(13)24/h1,10,12H,8-9H2,2-6H3,(H2,20,22,23)/t12-,18-/m1/s1. The lowest BCUT2D eigenvalue weighted by atomic mass is 10.0. The fraction of sp³-hybridized carbons (Fsp3) is 0.556. The Morgan fingerprint density at radius 3 is 2.79 bits per heavy atom. The second-order valence-electron chi connectivity index (χ2n) is 8.42. The highest BCUT2D eigenvalue weighted by atomic mass is 28.4. The molecule has 10 heteroatoms. The number of nitrogens with zero attached hydrogens (tertiary/aromatic N) is 4. The van der Waals surface area contributed by atoms with Gasteiger partial charge >= 0.3 is 6.08 Å². The summed E-state index contributed by atoms with van der Waals surface area (Å²) in [6, 6.07) is 0.